The molecule has 1 N–H and O–H groups in total. The molecule has 9 nitrogen and oxygen atoms in total. The minimum atomic E-state index is -0.823. The van der Waals surface area contributed by atoms with Crippen molar-refractivity contribution in [2.45, 2.75) is 20.3 Å². The Labute approximate surface area is 231 Å². The molecular formula is C31H28N2O7. The lowest BCUT2D eigenvalue weighted by Crippen LogP contribution is -2.21. The number of pyridine rings is 1. The van der Waals surface area contributed by atoms with Gasteiger partial charge in [0.1, 0.15) is 11.5 Å². The summed E-state index contributed by atoms with van der Waals surface area (Å²) >= 11 is 0. The van der Waals surface area contributed by atoms with Gasteiger partial charge in [0.15, 0.2) is 23.1 Å². The lowest BCUT2D eigenvalue weighted by molar-refractivity contribution is 0.0799. The molecule has 9 heteroatoms. The van der Waals surface area contributed by atoms with Crippen LogP contribution in [0, 0.1) is 19.8 Å². The van der Waals surface area contributed by atoms with Gasteiger partial charge in [-0.25, -0.2) is 4.79 Å². The molecule has 0 atom stereocenters. The van der Waals surface area contributed by atoms with Gasteiger partial charge in [-0.05, 0) is 55.7 Å². The number of hydrogen-bond donors (Lipinski definition) is 1. The minimum Gasteiger partial charge on any atom is -0.493 e. The third-order valence-corrected chi connectivity index (χ3v) is 6.92. The van der Waals surface area contributed by atoms with E-state index in [-0.39, 0.29) is 24.6 Å². The first-order chi connectivity index (χ1) is 19.3. The number of carbonyl (C=O) groups excluding carboxylic acids is 3. The fourth-order valence-corrected chi connectivity index (χ4v) is 4.77. The summed E-state index contributed by atoms with van der Waals surface area (Å²) in [5, 5.41) is 3.49. The van der Waals surface area contributed by atoms with Crippen LogP contribution in [0.25, 0.3) is 10.9 Å². The predicted octanol–water partition coefficient (Wildman–Crippen LogP) is 6.30. The van der Waals surface area contributed by atoms with Crippen molar-refractivity contribution in [1.82, 2.24) is 4.98 Å². The van der Waals surface area contributed by atoms with Crippen LogP contribution in [0.3, 0.4) is 0 Å². The molecule has 1 aliphatic carbocycles. The molecule has 0 saturated carbocycles. The highest BCUT2D eigenvalue weighted by molar-refractivity contribution is 6.26. The summed E-state index contributed by atoms with van der Waals surface area (Å²) in [5.41, 5.74) is 3.64. The van der Waals surface area contributed by atoms with Gasteiger partial charge in [0.25, 0.3) is 0 Å². The Kier molecular flexibility index (Phi) is 7.37. The van der Waals surface area contributed by atoms with Crippen molar-refractivity contribution in [3.63, 3.8) is 0 Å². The van der Waals surface area contributed by atoms with Crippen molar-refractivity contribution >= 4 is 34.3 Å². The van der Waals surface area contributed by atoms with Crippen LogP contribution in [0.5, 0.6) is 23.0 Å². The van der Waals surface area contributed by atoms with Gasteiger partial charge in [-0.15, -0.1) is 0 Å². The van der Waals surface area contributed by atoms with E-state index in [9.17, 15) is 14.4 Å². The van der Waals surface area contributed by atoms with Crippen LogP contribution in [0.4, 0.5) is 10.5 Å². The quantitative estimate of drug-likeness (QED) is 0.259. The molecule has 0 aliphatic heterocycles. The standard InChI is InChI=1S/C31H28N2O7/c1-17-14-26(40-25-9-11-32-24-16-28(38-4)27(37-3)15-22(24)25)18(2)13-23(17)33-31(36)39-12-10-21-29(34)19-7-5-6-8-20(19)30(21)35/h5-9,11,13-16,21H,10,12H2,1-4H3,(H,33,36). The van der Waals surface area contributed by atoms with Gasteiger partial charge < -0.3 is 18.9 Å². The zero-order chi connectivity index (χ0) is 28.4. The van der Waals surface area contributed by atoms with Crippen molar-refractivity contribution in [3.8, 4) is 23.0 Å². The number of ether oxygens (including phenoxy) is 4. The maximum Gasteiger partial charge on any atom is 0.411 e. The number of amides is 1. The number of benzene rings is 3. The first-order valence-electron chi connectivity index (χ1n) is 12.7. The lowest BCUT2D eigenvalue weighted by Gasteiger charge is -2.16. The number of aryl methyl sites for hydroxylation is 2. The Balaban J connectivity index is 1.24. The van der Waals surface area contributed by atoms with E-state index in [1.54, 1.807) is 62.9 Å². The van der Waals surface area contributed by atoms with Crippen LogP contribution in [0.2, 0.25) is 0 Å². The highest BCUT2D eigenvalue weighted by Gasteiger charge is 2.37. The maximum absolute atomic E-state index is 12.5. The summed E-state index contributed by atoms with van der Waals surface area (Å²) in [7, 11) is 3.13. The van der Waals surface area contributed by atoms with Crippen molar-refractivity contribution in [1.29, 1.82) is 0 Å². The summed E-state index contributed by atoms with van der Waals surface area (Å²) in [6.07, 6.45) is 1.11. The smallest absolute Gasteiger partial charge is 0.411 e. The fourth-order valence-electron chi connectivity index (χ4n) is 4.77. The Morgan fingerprint density at radius 1 is 0.850 bits per heavy atom. The lowest BCUT2D eigenvalue weighted by atomic mass is 10.0. The number of anilines is 1. The largest absolute Gasteiger partial charge is 0.493 e. The first-order valence-corrected chi connectivity index (χ1v) is 12.7. The van der Waals surface area contributed by atoms with Crippen LogP contribution in [0.15, 0.2) is 60.8 Å². The van der Waals surface area contributed by atoms with Crippen molar-refractivity contribution < 1.29 is 33.3 Å². The van der Waals surface area contributed by atoms with Crippen LogP contribution in [-0.4, -0.2) is 43.5 Å². The van der Waals surface area contributed by atoms with Crippen molar-refractivity contribution in [2.75, 3.05) is 26.1 Å². The van der Waals surface area contributed by atoms with E-state index in [1.807, 2.05) is 26.0 Å². The average Bonchev–Trinajstić information content (AvgIpc) is 3.20. The van der Waals surface area contributed by atoms with E-state index in [4.69, 9.17) is 18.9 Å². The zero-order valence-electron chi connectivity index (χ0n) is 22.6. The normalized spacial score (nSPS) is 12.8. The van der Waals surface area contributed by atoms with E-state index >= 15 is 0 Å². The second-order valence-electron chi connectivity index (χ2n) is 9.44. The van der Waals surface area contributed by atoms with Gasteiger partial charge in [0, 0.05) is 34.5 Å². The topological polar surface area (TPSA) is 113 Å². The number of ketones is 2. The van der Waals surface area contributed by atoms with Crippen LogP contribution in [0.1, 0.15) is 38.3 Å². The first kappa shape index (κ1) is 26.7. The van der Waals surface area contributed by atoms with E-state index in [0.29, 0.717) is 45.3 Å². The number of rotatable bonds is 8. The predicted molar refractivity (Wildman–Crippen MR) is 149 cm³/mol. The average molecular weight is 541 g/mol. The molecule has 0 bridgehead atoms. The number of nitrogens with one attached hydrogen (secondary N) is 1. The molecule has 3 aromatic carbocycles. The van der Waals surface area contributed by atoms with Gasteiger partial charge in [-0.2, -0.15) is 0 Å². The molecule has 1 heterocycles. The third-order valence-electron chi connectivity index (χ3n) is 6.92. The van der Waals surface area contributed by atoms with Gasteiger partial charge in [-0.1, -0.05) is 24.3 Å². The summed E-state index contributed by atoms with van der Waals surface area (Å²) in [5.74, 6) is 1.04. The molecular weight excluding hydrogens is 512 g/mol. The Hall–Kier alpha value is -4.92. The Morgan fingerprint density at radius 3 is 2.20 bits per heavy atom. The number of nitrogens with zero attached hydrogens (tertiary/aromatic N) is 1. The number of fused-ring (bicyclic) bond motifs is 2. The van der Waals surface area contributed by atoms with Crippen LogP contribution in [-0.2, 0) is 4.74 Å². The Morgan fingerprint density at radius 2 is 1.52 bits per heavy atom. The van der Waals surface area contributed by atoms with Crippen molar-refractivity contribution in [3.05, 3.63) is 83.0 Å². The molecule has 1 amide bonds. The third kappa shape index (κ3) is 5.05. The van der Waals surface area contributed by atoms with Crippen LogP contribution >= 0.6 is 0 Å². The second kappa shape index (κ2) is 11.1. The highest BCUT2D eigenvalue weighted by Crippen LogP contribution is 2.38. The molecule has 204 valence electrons. The van der Waals surface area contributed by atoms with Gasteiger partial charge in [-0.3, -0.25) is 19.9 Å². The minimum absolute atomic E-state index is 0.0649. The van der Waals surface area contributed by atoms with E-state index in [1.165, 1.54) is 0 Å². The molecule has 0 spiro atoms. The summed E-state index contributed by atoms with van der Waals surface area (Å²) in [6.45, 7) is 3.64. The summed E-state index contributed by atoms with van der Waals surface area (Å²) < 4.78 is 22.4. The van der Waals surface area contributed by atoms with Gasteiger partial charge in [0.2, 0.25) is 0 Å². The molecule has 40 heavy (non-hydrogen) atoms. The molecule has 0 fully saturated rings. The highest BCUT2D eigenvalue weighted by atomic mass is 16.5. The van der Waals surface area contributed by atoms with Gasteiger partial charge in [0.05, 0.1) is 32.3 Å². The molecule has 0 saturated heterocycles. The molecule has 4 aromatic rings. The Bertz CT molecular complexity index is 1610. The molecule has 1 aliphatic rings. The summed E-state index contributed by atoms with van der Waals surface area (Å²) in [6, 6.07) is 15.7. The maximum atomic E-state index is 12.5. The fraction of sp³-hybridized carbons (Fsp3) is 0.226. The zero-order valence-corrected chi connectivity index (χ0v) is 22.6. The van der Waals surface area contributed by atoms with Crippen LogP contribution < -0.4 is 19.5 Å². The second-order valence-corrected chi connectivity index (χ2v) is 9.44. The SMILES string of the molecule is COc1cc2nccc(Oc3cc(C)c(NC(=O)OCCC4C(=O)c5ccccc5C4=O)cc3C)c2cc1OC. The number of Topliss-reactive ketones (excluding diaryl/α,β-unsaturated/α-hetero) is 2. The van der Waals surface area contributed by atoms with E-state index in [2.05, 4.69) is 10.3 Å². The van der Waals surface area contributed by atoms with E-state index in [0.717, 1.165) is 16.5 Å². The molecule has 0 unspecified atom stereocenters. The monoisotopic (exact) mass is 540 g/mol. The van der Waals surface area contributed by atoms with Gasteiger partial charge >= 0.3 is 6.09 Å². The summed E-state index contributed by atoms with van der Waals surface area (Å²) in [4.78, 5) is 42.0. The number of carbonyl (C=O) groups is 3. The number of hydrogen-bond acceptors (Lipinski definition) is 8. The van der Waals surface area contributed by atoms with E-state index < -0.39 is 12.0 Å². The number of methoxy groups -OCH3 is 2. The number of aromatic nitrogens is 1. The molecule has 1 aromatic heterocycles. The molecule has 5 rings (SSSR count). The van der Waals surface area contributed by atoms with Crippen molar-refractivity contribution in [2.24, 2.45) is 5.92 Å². The molecule has 0 radical (unpaired) electrons.